The van der Waals surface area contributed by atoms with Crippen molar-refractivity contribution < 1.29 is 9.59 Å². The first kappa shape index (κ1) is 19.8. The van der Waals surface area contributed by atoms with Gasteiger partial charge < -0.3 is 10.6 Å². The Kier molecular flexibility index (Phi) is 8.81. The number of halogens is 1. The van der Waals surface area contributed by atoms with Crippen molar-refractivity contribution in [2.24, 2.45) is 5.92 Å². The second-order valence-electron chi connectivity index (χ2n) is 6.88. The van der Waals surface area contributed by atoms with Crippen LogP contribution < -0.4 is 10.6 Å². The van der Waals surface area contributed by atoms with Gasteiger partial charge in [0.2, 0.25) is 12.3 Å². The van der Waals surface area contributed by atoms with Gasteiger partial charge in [-0.2, -0.15) is 0 Å². The number of nitrogens with one attached hydrogen (secondary N) is 2. The lowest BCUT2D eigenvalue weighted by Gasteiger charge is -2.23. The Bertz CT molecular complexity index is 534. The molecule has 2 fully saturated rings. The van der Waals surface area contributed by atoms with Gasteiger partial charge in [0.25, 0.3) is 0 Å². The van der Waals surface area contributed by atoms with Crippen molar-refractivity contribution in [2.45, 2.75) is 63.8 Å². The summed E-state index contributed by atoms with van der Waals surface area (Å²) in [5.41, 5.74) is 1.12. The van der Waals surface area contributed by atoms with Crippen molar-refractivity contribution in [1.29, 1.82) is 0 Å². The molecule has 1 saturated heterocycles. The van der Waals surface area contributed by atoms with Crippen LogP contribution in [-0.2, 0) is 9.59 Å². The zero-order valence-electron chi connectivity index (χ0n) is 14.8. The fourth-order valence-electron chi connectivity index (χ4n) is 3.65. The highest BCUT2D eigenvalue weighted by Crippen LogP contribution is 2.36. The van der Waals surface area contributed by atoms with Crippen LogP contribution in [0.2, 0.25) is 5.02 Å². The van der Waals surface area contributed by atoms with Gasteiger partial charge in [-0.1, -0.05) is 49.4 Å². The molecule has 0 aromatic heterocycles. The van der Waals surface area contributed by atoms with Gasteiger partial charge >= 0.3 is 0 Å². The second-order valence-corrected chi connectivity index (χ2v) is 7.31. The number of amides is 2. The molecule has 1 atom stereocenters. The molecule has 2 aliphatic rings. The van der Waals surface area contributed by atoms with Crippen LogP contribution in [0.25, 0.3) is 0 Å². The molecule has 1 unspecified atom stereocenters. The fraction of sp³-hybridized carbons (Fsp3) is 0.600. The lowest BCUT2D eigenvalue weighted by Crippen LogP contribution is -2.25. The third kappa shape index (κ3) is 7.07. The zero-order chi connectivity index (χ0) is 17.9. The summed E-state index contributed by atoms with van der Waals surface area (Å²) in [4.78, 5) is 21.4. The molecule has 0 spiro atoms. The molecule has 2 N–H and O–H groups in total. The quantitative estimate of drug-likeness (QED) is 0.778. The van der Waals surface area contributed by atoms with Crippen molar-refractivity contribution in [3.05, 3.63) is 34.9 Å². The molecule has 1 aliphatic carbocycles. The molecular weight excluding hydrogens is 336 g/mol. The minimum absolute atomic E-state index is 0.124. The van der Waals surface area contributed by atoms with Gasteiger partial charge in [-0.05, 0) is 49.3 Å². The number of benzene rings is 1. The van der Waals surface area contributed by atoms with E-state index in [1.54, 1.807) is 0 Å². The molecule has 138 valence electrons. The number of carbonyl (C=O) groups is 2. The van der Waals surface area contributed by atoms with Crippen LogP contribution in [0.15, 0.2) is 24.3 Å². The highest BCUT2D eigenvalue weighted by atomic mass is 35.5. The summed E-state index contributed by atoms with van der Waals surface area (Å²) in [5.74, 6) is 0.790. The summed E-state index contributed by atoms with van der Waals surface area (Å²) in [6.07, 6.45) is 11.2. The van der Waals surface area contributed by atoms with Crippen LogP contribution in [0.1, 0.15) is 69.4 Å². The van der Waals surface area contributed by atoms with Crippen LogP contribution >= 0.6 is 11.6 Å². The Morgan fingerprint density at radius 2 is 1.88 bits per heavy atom. The highest BCUT2D eigenvalue weighted by molar-refractivity contribution is 6.30. The van der Waals surface area contributed by atoms with Gasteiger partial charge in [0.1, 0.15) is 0 Å². The highest BCUT2D eigenvalue weighted by Gasteiger charge is 2.25. The molecule has 25 heavy (non-hydrogen) atoms. The maximum absolute atomic E-state index is 10.7. The summed E-state index contributed by atoms with van der Waals surface area (Å²) in [7, 11) is 0. The number of carbonyl (C=O) groups excluding carboxylic acids is 2. The molecule has 1 aromatic carbocycles. The van der Waals surface area contributed by atoms with Gasteiger partial charge in [-0.15, -0.1) is 0 Å². The van der Waals surface area contributed by atoms with E-state index in [9.17, 15) is 9.59 Å². The van der Waals surface area contributed by atoms with E-state index in [1.807, 2.05) is 24.3 Å². The van der Waals surface area contributed by atoms with Crippen molar-refractivity contribution in [3.8, 4) is 0 Å². The average molecular weight is 365 g/mol. The summed E-state index contributed by atoms with van der Waals surface area (Å²) in [6, 6.07) is 7.90. The first-order valence-electron chi connectivity index (χ1n) is 9.42. The second kappa shape index (κ2) is 11.1. The number of hydrogen-bond acceptors (Lipinski definition) is 2. The van der Waals surface area contributed by atoms with E-state index < -0.39 is 0 Å². The number of hydrogen-bond donors (Lipinski definition) is 2. The lowest BCUT2D eigenvalue weighted by molar-refractivity contribution is -0.121. The molecule has 0 bridgehead atoms. The van der Waals surface area contributed by atoms with E-state index in [1.165, 1.54) is 38.5 Å². The molecular formula is C20H29ClN2O2. The lowest BCUT2D eigenvalue weighted by atomic mass is 9.92. The van der Waals surface area contributed by atoms with E-state index in [2.05, 4.69) is 10.6 Å². The first-order chi connectivity index (χ1) is 12.2. The zero-order valence-corrected chi connectivity index (χ0v) is 15.6. The molecule has 1 aliphatic heterocycles. The summed E-state index contributed by atoms with van der Waals surface area (Å²) in [5, 5.41) is 6.50. The maximum Gasteiger partial charge on any atom is 0.219 e. The van der Waals surface area contributed by atoms with Crippen LogP contribution in [0.3, 0.4) is 0 Å². The SMILES string of the molecule is O=C1CCCCCCN1.O=CNC(c1cccc(Cl)c1)C1CCCC1. The minimum atomic E-state index is 0.124. The molecule has 4 nitrogen and oxygen atoms in total. The topological polar surface area (TPSA) is 58.2 Å². The predicted molar refractivity (Wildman–Crippen MR) is 101 cm³/mol. The molecule has 5 heteroatoms. The van der Waals surface area contributed by atoms with Crippen molar-refractivity contribution in [1.82, 2.24) is 10.6 Å². The Hall–Kier alpha value is -1.55. The Morgan fingerprint density at radius 3 is 2.60 bits per heavy atom. The first-order valence-corrected chi connectivity index (χ1v) is 9.80. The minimum Gasteiger partial charge on any atom is -0.356 e. The normalized spacial score (nSPS) is 19.6. The molecule has 2 amide bonds. The van der Waals surface area contributed by atoms with Gasteiger partial charge in [-0.25, -0.2) is 0 Å². The van der Waals surface area contributed by atoms with Crippen molar-refractivity contribution in [3.63, 3.8) is 0 Å². The largest absolute Gasteiger partial charge is 0.356 e. The van der Waals surface area contributed by atoms with Crippen LogP contribution in [-0.4, -0.2) is 18.9 Å². The Labute approximate surface area is 155 Å². The van der Waals surface area contributed by atoms with Gasteiger partial charge in [0.15, 0.2) is 0 Å². The molecule has 1 aromatic rings. The van der Waals surface area contributed by atoms with E-state index >= 15 is 0 Å². The third-order valence-corrected chi connectivity index (χ3v) is 5.21. The third-order valence-electron chi connectivity index (χ3n) is 4.98. The van der Waals surface area contributed by atoms with Crippen LogP contribution in [0.5, 0.6) is 0 Å². The predicted octanol–water partition coefficient (Wildman–Crippen LogP) is 4.38. The molecule has 1 heterocycles. The van der Waals surface area contributed by atoms with Crippen molar-refractivity contribution >= 4 is 23.9 Å². The molecule has 0 radical (unpaired) electrons. The van der Waals surface area contributed by atoms with E-state index in [-0.39, 0.29) is 11.9 Å². The maximum atomic E-state index is 10.7. The van der Waals surface area contributed by atoms with Gasteiger partial charge in [0, 0.05) is 18.0 Å². The average Bonchev–Trinajstić information content (AvgIpc) is 3.11. The monoisotopic (exact) mass is 364 g/mol. The summed E-state index contributed by atoms with van der Waals surface area (Å²) >= 11 is 5.98. The van der Waals surface area contributed by atoms with E-state index in [4.69, 9.17) is 11.6 Å². The van der Waals surface area contributed by atoms with E-state index in [0.717, 1.165) is 42.8 Å². The summed E-state index contributed by atoms with van der Waals surface area (Å²) < 4.78 is 0. The van der Waals surface area contributed by atoms with Gasteiger partial charge in [-0.3, -0.25) is 9.59 Å². The van der Waals surface area contributed by atoms with Crippen molar-refractivity contribution in [2.75, 3.05) is 6.54 Å². The molecule has 3 rings (SSSR count). The Morgan fingerprint density at radius 1 is 1.12 bits per heavy atom. The van der Waals surface area contributed by atoms with Crippen LogP contribution in [0.4, 0.5) is 0 Å². The smallest absolute Gasteiger partial charge is 0.219 e. The number of rotatable bonds is 4. The standard InChI is InChI=1S/C13H16ClNO.C7H13NO/c14-12-7-3-6-11(8-12)13(15-9-16)10-4-1-2-5-10;9-7-5-3-1-2-4-6-8-7/h3,6-10,13H,1-2,4-5H2,(H,15,16);1-6H2,(H,8,9). The molecule has 1 saturated carbocycles. The van der Waals surface area contributed by atoms with E-state index in [0.29, 0.717) is 5.92 Å². The van der Waals surface area contributed by atoms with Gasteiger partial charge in [0.05, 0.1) is 6.04 Å². The fourth-order valence-corrected chi connectivity index (χ4v) is 3.85. The summed E-state index contributed by atoms with van der Waals surface area (Å²) in [6.45, 7) is 0.888. The Balaban J connectivity index is 0.000000212. The van der Waals surface area contributed by atoms with Crippen LogP contribution in [0, 0.1) is 5.92 Å².